The van der Waals surface area contributed by atoms with Crippen molar-refractivity contribution in [1.82, 2.24) is 0 Å². The van der Waals surface area contributed by atoms with E-state index in [0.717, 1.165) is 32.5 Å². The van der Waals surface area contributed by atoms with Crippen molar-refractivity contribution >= 4 is 39.1 Å². The molecule has 0 unspecified atom stereocenters. The third kappa shape index (κ3) is 3.40. The van der Waals surface area contributed by atoms with Crippen LogP contribution in [-0.4, -0.2) is 18.8 Å². The smallest absolute Gasteiger partial charge is 0.134 e. The van der Waals surface area contributed by atoms with E-state index in [2.05, 4.69) is 52.7 Å². The number of allylic oxidation sites excluding steroid dienone is 1. The molecule has 0 fully saturated rings. The molecule has 1 heterocycles. The SMILES string of the molecule is CC1=CC(C)(C)N(C)c2cc(F)c(C=Nc3ccc(Br)cc3C)cc21. The van der Waals surface area contributed by atoms with Crippen LogP contribution in [0.5, 0.6) is 0 Å². The number of aryl methyl sites for hydroxylation is 1. The molecule has 0 aromatic heterocycles. The second-order valence-electron chi connectivity index (χ2n) is 7.12. The monoisotopic (exact) mass is 400 g/mol. The number of nitrogens with zero attached hydrogens (tertiary/aromatic N) is 2. The minimum absolute atomic E-state index is 0.131. The topological polar surface area (TPSA) is 15.6 Å². The highest BCUT2D eigenvalue weighted by molar-refractivity contribution is 9.10. The van der Waals surface area contributed by atoms with Crippen LogP contribution in [0.15, 0.2) is 45.9 Å². The number of hydrogen-bond acceptors (Lipinski definition) is 2. The van der Waals surface area contributed by atoms with E-state index in [9.17, 15) is 4.39 Å². The third-order valence-corrected chi connectivity index (χ3v) is 5.33. The van der Waals surface area contributed by atoms with Gasteiger partial charge in [-0.2, -0.15) is 0 Å². The molecular formula is C21H22BrFN2. The Morgan fingerprint density at radius 3 is 2.56 bits per heavy atom. The summed E-state index contributed by atoms with van der Waals surface area (Å²) in [6, 6.07) is 9.36. The molecule has 2 nitrogen and oxygen atoms in total. The molecule has 0 radical (unpaired) electrons. The van der Waals surface area contributed by atoms with Gasteiger partial charge in [-0.1, -0.05) is 22.0 Å². The van der Waals surface area contributed by atoms with Crippen molar-refractivity contribution in [3.8, 4) is 0 Å². The Balaban J connectivity index is 2.02. The van der Waals surface area contributed by atoms with Crippen molar-refractivity contribution in [3.63, 3.8) is 0 Å². The first-order chi connectivity index (χ1) is 11.7. The van der Waals surface area contributed by atoms with Crippen LogP contribution in [-0.2, 0) is 0 Å². The average molecular weight is 401 g/mol. The van der Waals surface area contributed by atoms with E-state index in [4.69, 9.17) is 0 Å². The first-order valence-electron chi connectivity index (χ1n) is 8.26. The average Bonchev–Trinajstić information content (AvgIpc) is 2.52. The molecule has 0 saturated heterocycles. The highest BCUT2D eigenvalue weighted by atomic mass is 79.9. The maximum atomic E-state index is 14.7. The summed E-state index contributed by atoms with van der Waals surface area (Å²) in [4.78, 5) is 6.59. The molecule has 25 heavy (non-hydrogen) atoms. The summed E-state index contributed by atoms with van der Waals surface area (Å²) in [6.45, 7) is 8.32. The summed E-state index contributed by atoms with van der Waals surface area (Å²) in [6.07, 6.45) is 3.83. The summed E-state index contributed by atoms with van der Waals surface area (Å²) in [5, 5.41) is 0. The quantitative estimate of drug-likeness (QED) is 0.541. The van der Waals surface area contributed by atoms with Crippen LogP contribution in [0.2, 0.25) is 0 Å². The molecule has 0 saturated carbocycles. The molecule has 0 bridgehead atoms. The fraction of sp³-hybridized carbons (Fsp3) is 0.286. The lowest BCUT2D eigenvalue weighted by molar-refractivity contribution is 0.589. The molecule has 0 amide bonds. The highest BCUT2D eigenvalue weighted by Crippen LogP contribution is 2.38. The molecule has 1 aliphatic rings. The number of aliphatic imine (C=N–C) groups is 1. The van der Waals surface area contributed by atoms with Gasteiger partial charge < -0.3 is 4.90 Å². The van der Waals surface area contributed by atoms with Gasteiger partial charge in [0.25, 0.3) is 0 Å². The first-order valence-corrected chi connectivity index (χ1v) is 9.06. The molecule has 0 aliphatic carbocycles. The number of likely N-dealkylation sites (N-methyl/N-ethyl adjacent to an activating group) is 1. The predicted molar refractivity (Wildman–Crippen MR) is 109 cm³/mol. The largest absolute Gasteiger partial charge is 0.365 e. The Kier molecular flexibility index (Phi) is 4.58. The van der Waals surface area contributed by atoms with Crippen LogP contribution in [0, 0.1) is 12.7 Å². The van der Waals surface area contributed by atoms with E-state index in [1.807, 2.05) is 38.2 Å². The van der Waals surface area contributed by atoms with Gasteiger partial charge >= 0.3 is 0 Å². The molecule has 0 spiro atoms. The Bertz CT molecular complexity index is 897. The van der Waals surface area contributed by atoms with Crippen LogP contribution >= 0.6 is 15.9 Å². The summed E-state index contributed by atoms with van der Waals surface area (Å²) in [7, 11) is 2.00. The highest BCUT2D eigenvalue weighted by Gasteiger charge is 2.29. The third-order valence-electron chi connectivity index (χ3n) is 4.84. The van der Waals surface area contributed by atoms with Gasteiger partial charge in [-0.25, -0.2) is 4.39 Å². The van der Waals surface area contributed by atoms with E-state index in [1.165, 1.54) is 0 Å². The van der Waals surface area contributed by atoms with Crippen LogP contribution in [0.25, 0.3) is 5.57 Å². The number of anilines is 1. The maximum absolute atomic E-state index is 14.7. The van der Waals surface area contributed by atoms with Crippen molar-refractivity contribution in [2.24, 2.45) is 4.99 Å². The normalized spacial score (nSPS) is 16.1. The lowest BCUT2D eigenvalue weighted by Crippen LogP contribution is -2.42. The zero-order chi connectivity index (χ0) is 18.4. The van der Waals surface area contributed by atoms with Gasteiger partial charge in [0, 0.05) is 34.5 Å². The van der Waals surface area contributed by atoms with E-state index in [-0.39, 0.29) is 11.4 Å². The zero-order valence-corrected chi connectivity index (χ0v) is 16.8. The van der Waals surface area contributed by atoms with E-state index in [0.29, 0.717) is 5.56 Å². The first kappa shape index (κ1) is 17.9. The maximum Gasteiger partial charge on any atom is 0.134 e. The second-order valence-corrected chi connectivity index (χ2v) is 8.04. The number of fused-ring (bicyclic) bond motifs is 1. The molecule has 2 aromatic carbocycles. The summed E-state index contributed by atoms with van der Waals surface area (Å²) in [5.41, 5.74) is 5.38. The predicted octanol–water partition coefficient (Wildman–Crippen LogP) is 6.28. The van der Waals surface area contributed by atoms with Gasteiger partial charge in [0.2, 0.25) is 0 Å². The van der Waals surface area contributed by atoms with Crippen LogP contribution in [0.1, 0.15) is 37.5 Å². The Labute approximate surface area is 157 Å². The van der Waals surface area contributed by atoms with Gasteiger partial charge in [-0.15, -0.1) is 0 Å². The molecule has 2 aromatic rings. The Morgan fingerprint density at radius 2 is 1.88 bits per heavy atom. The number of halogens is 2. The summed E-state index contributed by atoms with van der Waals surface area (Å²) < 4.78 is 15.7. The van der Waals surface area contributed by atoms with Crippen molar-refractivity contribution in [1.29, 1.82) is 0 Å². The van der Waals surface area contributed by atoms with Crippen LogP contribution < -0.4 is 4.90 Å². The molecule has 0 atom stereocenters. The standard InChI is InChI=1S/C21H22BrFN2/c1-13-8-16(22)6-7-19(13)24-12-15-9-17-14(2)11-21(3,4)25(5)20(17)10-18(15)23/h6-12H,1-5H3. The van der Waals surface area contributed by atoms with Gasteiger partial charge in [-0.3, -0.25) is 4.99 Å². The number of hydrogen-bond donors (Lipinski definition) is 0. The van der Waals surface area contributed by atoms with Crippen molar-refractivity contribution in [2.75, 3.05) is 11.9 Å². The van der Waals surface area contributed by atoms with Crippen LogP contribution in [0.3, 0.4) is 0 Å². The summed E-state index contributed by atoms with van der Waals surface area (Å²) >= 11 is 3.44. The lowest BCUT2D eigenvalue weighted by Gasteiger charge is -2.40. The molecule has 3 rings (SSSR count). The molecule has 4 heteroatoms. The minimum Gasteiger partial charge on any atom is -0.365 e. The van der Waals surface area contributed by atoms with Crippen molar-refractivity contribution in [2.45, 2.75) is 33.2 Å². The zero-order valence-electron chi connectivity index (χ0n) is 15.2. The van der Waals surface area contributed by atoms with E-state index < -0.39 is 0 Å². The number of benzene rings is 2. The van der Waals surface area contributed by atoms with Gasteiger partial charge in [0.05, 0.1) is 11.2 Å². The molecular weight excluding hydrogens is 379 g/mol. The molecule has 130 valence electrons. The summed E-state index contributed by atoms with van der Waals surface area (Å²) in [5.74, 6) is -0.255. The van der Waals surface area contributed by atoms with Crippen molar-refractivity contribution < 1.29 is 4.39 Å². The Hall–Kier alpha value is -1.94. The lowest BCUT2D eigenvalue weighted by atomic mass is 9.88. The van der Waals surface area contributed by atoms with E-state index in [1.54, 1.807) is 12.3 Å². The molecule has 0 N–H and O–H groups in total. The second kappa shape index (κ2) is 6.41. The minimum atomic E-state index is -0.255. The van der Waals surface area contributed by atoms with Gasteiger partial charge in [0.1, 0.15) is 5.82 Å². The Morgan fingerprint density at radius 1 is 1.16 bits per heavy atom. The van der Waals surface area contributed by atoms with Gasteiger partial charge in [-0.05, 0) is 69.2 Å². The molecule has 1 aliphatic heterocycles. The number of rotatable bonds is 2. The fourth-order valence-corrected chi connectivity index (χ4v) is 3.67. The van der Waals surface area contributed by atoms with E-state index >= 15 is 0 Å². The van der Waals surface area contributed by atoms with Gasteiger partial charge in [0.15, 0.2) is 0 Å². The fourth-order valence-electron chi connectivity index (χ4n) is 3.19. The van der Waals surface area contributed by atoms with Crippen LogP contribution in [0.4, 0.5) is 15.8 Å². The van der Waals surface area contributed by atoms with Crippen molar-refractivity contribution in [3.05, 3.63) is 63.4 Å².